The van der Waals surface area contributed by atoms with Gasteiger partial charge in [0, 0.05) is 23.3 Å². The minimum atomic E-state index is -0.0814. The van der Waals surface area contributed by atoms with Gasteiger partial charge in [0.2, 0.25) is 0 Å². The highest BCUT2D eigenvalue weighted by molar-refractivity contribution is 7.98. The number of thiazole rings is 1. The summed E-state index contributed by atoms with van der Waals surface area (Å²) in [6, 6.07) is 8.62. The Kier molecular flexibility index (Phi) is 6.75. The van der Waals surface area contributed by atoms with Gasteiger partial charge in [0.15, 0.2) is 22.5 Å². The van der Waals surface area contributed by atoms with E-state index in [1.807, 2.05) is 42.0 Å². The van der Waals surface area contributed by atoms with Crippen molar-refractivity contribution < 1.29 is 19.7 Å². The summed E-state index contributed by atoms with van der Waals surface area (Å²) < 4.78 is 12.7. The number of methoxy groups -OCH3 is 2. The smallest absolute Gasteiger partial charge is 0.196 e. The first-order valence-corrected chi connectivity index (χ1v) is 12.1. The van der Waals surface area contributed by atoms with E-state index in [0.717, 1.165) is 11.4 Å². The Hall–Kier alpha value is -3.24. The van der Waals surface area contributed by atoms with Crippen LogP contribution in [-0.2, 0) is 5.75 Å². The molecule has 0 atom stereocenters. The van der Waals surface area contributed by atoms with Crippen LogP contribution in [0.2, 0.25) is 0 Å². The van der Waals surface area contributed by atoms with E-state index in [1.165, 1.54) is 29.2 Å². The highest BCUT2D eigenvalue weighted by Crippen LogP contribution is 2.40. The lowest BCUT2D eigenvalue weighted by Crippen LogP contribution is -2.02. The van der Waals surface area contributed by atoms with Crippen molar-refractivity contribution in [3.8, 4) is 40.1 Å². The van der Waals surface area contributed by atoms with E-state index in [2.05, 4.69) is 15.2 Å². The zero-order valence-corrected chi connectivity index (χ0v) is 20.3. The lowest BCUT2D eigenvalue weighted by Gasteiger charge is -2.16. The largest absolute Gasteiger partial charge is 0.508 e. The van der Waals surface area contributed by atoms with Gasteiger partial charge in [0.05, 0.1) is 36.7 Å². The SMILES string of the molecule is COc1ccc(-n2c(SCc3cscn3)nnc2-c2cc(C(C)C)c(O)cc2O)cc1OC. The highest BCUT2D eigenvalue weighted by Gasteiger charge is 2.22. The van der Waals surface area contributed by atoms with Crippen LogP contribution in [0, 0.1) is 0 Å². The maximum atomic E-state index is 10.7. The van der Waals surface area contributed by atoms with E-state index < -0.39 is 0 Å². The van der Waals surface area contributed by atoms with Crippen LogP contribution in [0.4, 0.5) is 0 Å². The Morgan fingerprint density at radius 2 is 1.82 bits per heavy atom. The minimum absolute atomic E-state index is 0.0431. The average Bonchev–Trinajstić information content (AvgIpc) is 3.47. The monoisotopic (exact) mass is 484 g/mol. The van der Waals surface area contributed by atoms with Gasteiger partial charge in [-0.3, -0.25) is 4.57 Å². The molecular formula is C23H24N4O4S2. The van der Waals surface area contributed by atoms with Crippen molar-refractivity contribution >= 4 is 23.1 Å². The maximum Gasteiger partial charge on any atom is 0.196 e. The molecule has 0 spiro atoms. The Bertz CT molecular complexity index is 1260. The molecule has 2 heterocycles. The second-order valence-electron chi connectivity index (χ2n) is 7.53. The molecule has 0 aliphatic rings. The number of phenols is 2. The number of ether oxygens (including phenoxy) is 2. The van der Waals surface area contributed by atoms with Gasteiger partial charge in [0.1, 0.15) is 11.5 Å². The molecule has 0 bridgehead atoms. The second kappa shape index (κ2) is 9.72. The molecule has 0 amide bonds. The molecule has 4 rings (SSSR count). The summed E-state index contributed by atoms with van der Waals surface area (Å²) in [5.74, 6) is 2.24. The summed E-state index contributed by atoms with van der Waals surface area (Å²) in [4.78, 5) is 4.34. The van der Waals surface area contributed by atoms with Gasteiger partial charge in [0.25, 0.3) is 0 Å². The van der Waals surface area contributed by atoms with Gasteiger partial charge in [-0.1, -0.05) is 25.6 Å². The van der Waals surface area contributed by atoms with Crippen molar-refractivity contribution in [1.82, 2.24) is 19.7 Å². The lowest BCUT2D eigenvalue weighted by atomic mass is 9.98. The third-order valence-corrected chi connectivity index (χ3v) is 6.70. The summed E-state index contributed by atoms with van der Waals surface area (Å²) >= 11 is 3.03. The lowest BCUT2D eigenvalue weighted by molar-refractivity contribution is 0.355. The molecule has 0 aliphatic carbocycles. The fraction of sp³-hybridized carbons (Fsp3) is 0.261. The van der Waals surface area contributed by atoms with E-state index in [1.54, 1.807) is 25.8 Å². The molecule has 0 saturated heterocycles. The molecule has 2 aromatic heterocycles. The quantitative estimate of drug-likeness (QED) is 0.328. The molecule has 2 N–H and O–H groups in total. The zero-order valence-electron chi connectivity index (χ0n) is 18.6. The number of aromatic nitrogens is 4. The van der Waals surface area contributed by atoms with Gasteiger partial charge in [-0.15, -0.1) is 21.5 Å². The fourth-order valence-corrected chi connectivity index (χ4v) is 4.94. The van der Waals surface area contributed by atoms with Crippen molar-refractivity contribution in [1.29, 1.82) is 0 Å². The molecule has 0 fully saturated rings. The standard InChI is InChI=1S/C23H24N4O4S2/c1-13(2)16-8-17(19(29)9-18(16)28)22-25-26-23(33-11-14-10-32-12-24-14)27(22)15-5-6-20(30-3)21(7-15)31-4/h5-10,12-13,28-29H,11H2,1-4H3. The van der Waals surface area contributed by atoms with Crippen LogP contribution in [0.3, 0.4) is 0 Å². The minimum Gasteiger partial charge on any atom is -0.508 e. The van der Waals surface area contributed by atoms with Crippen LogP contribution in [0.25, 0.3) is 17.1 Å². The number of benzene rings is 2. The van der Waals surface area contributed by atoms with E-state index in [0.29, 0.717) is 39.4 Å². The number of phenolic OH excluding ortho intramolecular Hbond substituents is 2. The summed E-state index contributed by atoms with van der Waals surface area (Å²) in [6.07, 6.45) is 0. The molecular weight excluding hydrogens is 460 g/mol. The predicted octanol–water partition coefficient (Wildman–Crippen LogP) is 5.23. The van der Waals surface area contributed by atoms with Crippen LogP contribution in [0.1, 0.15) is 31.0 Å². The van der Waals surface area contributed by atoms with Gasteiger partial charge >= 0.3 is 0 Å². The molecule has 33 heavy (non-hydrogen) atoms. The molecule has 0 radical (unpaired) electrons. The number of aromatic hydroxyl groups is 2. The third kappa shape index (κ3) is 4.62. The molecule has 4 aromatic rings. The Balaban J connectivity index is 1.87. The molecule has 10 heteroatoms. The molecule has 2 aromatic carbocycles. The Morgan fingerprint density at radius 1 is 1.03 bits per heavy atom. The summed E-state index contributed by atoms with van der Waals surface area (Å²) in [5.41, 5.74) is 4.66. The van der Waals surface area contributed by atoms with Crippen molar-refractivity contribution in [2.45, 2.75) is 30.7 Å². The average molecular weight is 485 g/mol. The number of hydrogen-bond donors (Lipinski definition) is 2. The third-order valence-electron chi connectivity index (χ3n) is 5.10. The summed E-state index contributed by atoms with van der Waals surface area (Å²) in [5, 5.41) is 32.4. The van der Waals surface area contributed by atoms with Crippen LogP contribution >= 0.6 is 23.1 Å². The predicted molar refractivity (Wildman–Crippen MR) is 129 cm³/mol. The normalized spacial score (nSPS) is 11.2. The second-order valence-corrected chi connectivity index (χ2v) is 9.19. The van der Waals surface area contributed by atoms with Crippen LogP contribution in [0.5, 0.6) is 23.0 Å². The van der Waals surface area contributed by atoms with E-state index >= 15 is 0 Å². The van der Waals surface area contributed by atoms with Crippen molar-refractivity contribution in [2.24, 2.45) is 0 Å². The van der Waals surface area contributed by atoms with E-state index in [-0.39, 0.29) is 17.4 Å². The summed E-state index contributed by atoms with van der Waals surface area (Å²) in [6.45, 7) is 3.95. The van der Waals surface area contributed by atoms with E-state index in [9.17, 15) is 10.2 Å². The number of hydrogen-bond acceptors (Lipinski definition) is 9. The molecule has 172 valence electrons. The van der Waals surface area contributed by atoms with Gasteiger partial charge in [-0.25, -0.2) is 4.98 Å². The Morgan fingerprint density at radius 3 is 2.48 bits per heavy atom. The number of rotatable bonds is 8. The van der Waals surface area contributed by atoms with Gasteiger partial charge in [-0.2, -0.15) is 0 Å². The first kappa shape index (κ1) is 22.9. The summed E-state index contributed by atoms with van der Waals surface area (Å²) in [7, 11) is 3.16. The maximum absolute atomic E-state index is 10.7. The van der Waals surface area contributed by atoms with E-state index in [4.69, 9.17) is 9.47 Å². The fourth-order valence-electron chi connectivity index (χ4n) is 3.42. The first-order chi connectivity index (χ1) is 15.9. The van der Waals surface area contributed by atoms with Crippen LogP contribution in [0.15, 0.2) is 46.4 Å². The molecule has 0 aliphatic heterocycles. The molecule has 0 unspecified atom stereocenters. The van der Waals surface area contributed by atoms with Gasteiger partial charge in [-0.05, 0) is 29.7 Å². The first-order valence-electron chi connectivity index (χ1n) is 10.2. The van der Waals surface area contributed by atoms with Crippen LogP contribution in [-0.4, -0.2) is 44.2 Å². The Labute approximate surface area is 199 Å². The number of thioether (sulfide) groups is 1. The zero-order chi connectivity index (χ0) is 23.5. The number of nitrogens with zero attached hydrogens (tertiary/aromatic N) is 4. The van der Waals surface area contributed by atoms with Gasteiger partial charge < -0.3 is 19.7 Å². The molecule has 8 nitrogen and oxygen atoms in total. The van der Waals surface area contributed by atoms with Crippen LogP contribution < -0.4 is 9.47 Å². The van der Waals surface area contributed by atoms with Crippen molar-refractivity contribution in [3.63, 3.8) is 0 Å². The van der Waals surface area contributed by atoms with Crippen molar-refractivity contribution in [2.75, 3.05) is 14.2 Å². The van der Waals surface area contributed by atoms with Crippen molar-refractivity contribution in [3.05, 3.63) is 52.5 Å². The highest BCUT2D eigenvalue weighted by atomic mass is 32.2. The topological polar surface area (TPSA) is 103 Å². The molecule has 0 saturated carbocycles.